The standard InChI is InChI=1S/C3H4F3N3/c4-3(5,6)2(8)9-1-7/h1H,(H3,7,8,9). The molecule has 0 aromatic rings. The average Bonchev–Trinajstić information content (AvgIpc) is 1.64. The summed E-state index contributed by atoms with van der Waals surface area (Å²) in [4.78, 5) is 2.51. The number of nitrogens with one attached hydrogen (secondary N) is 1. The van der Waals surface area contributed by atoms with Crippen molar-refractivity contribution >= 4 is 12.2 Å². The van der Waals surface area contributed by atoms with Gasteiger partial charge in [-0.15, -0.1) is 0 Å². The second kappa shape index (κ2) is 2.47. The predicted octanol–water partition coefficient (Wildman–Crippen LogP) is 0.513. The van der Waals surface area contributed by atoms with Gasteiger partial charge in [0, 0.05) is 0 Å². The van der Waals surface area contributed by atoms with E-state index in [2.05, 4.69) is 10.7 Å². The van der Waals surface area contributed by atoms with Crippen LogP contribution >= 0.6 is 0 Å². The van der Waals surface area contributed by atoms with Gasteiger partial charge >= 0.3 is 6.18 Å². The highest BCUT2D eigenvalue weighted by Gasteiger charge is 2.32. The quantitative estimate of drug-likeness (QED) is 0.403. The third-order valence-corrected chi connectivity index (χ3v) is 0.494. The lowest BCUT2D eigenvalue weighted by atomic mass is 10.6. The number of hydrogen-bond donors (Lipinski definition) is 2. The molecule has 0 aromatic heterocycles. The van der Waals surface area contributed by atoms with Crippen molar-refractivity contribution in [2.24, 2.45) is 10.7 Å². The number of nitrogens with two attached hydrogens (primary N) is 1. The Kier molecular flexibility index (Phi) is 2.18. The first-order valence-corrected chi connectivity index (χ1v) is 1.88. The summed E-state index contributed by atoms with van der Waals surface area (Å²) in [5.74, 6) is -1.50. The molecule has 0 atom stereocenters. The zero-order valence-electron chi connectivity index (χ0n) is 4.24. The molecule has 6 heteroatoms. The van der Waals surface area contributed by atoms with E-state index in [1.807, 2.05) is 0 Å². The maximum Gasteiger partial charge on any atom is 0.449 e. The van der Waals surface area contributed by atoms with E-state index >= 15 is 0 Å². The van der Waals surface area contributed by atoms with Gasteiger partial charge in [0.1, 0.15) is 6.34 Å². The number of hydrogen-bond acceptors (Lipinski definition) is 1. The zero-order chi connectivity index (χ0) is 7.49. The van der Waals surface area contributed by atoms with Gasteiger partial charge < -0.3 is 5.73 Å². The first-order valence-electron chi connectivity index (χ1n) is 1.88. The molecule has 9 heavy (non-hydrogen) atoms. The van der Waals surface area contributed by atoms with E-state index in [9.17, 15) is 13.2 Å². The molecule has 0 saturated carbocycles. The molecule has 0 spiro atoms. The van der Waals surface area contributed by atoms with Crippen LogP contribution in [0.1, 0.15) is 0 Å². The van der Waals surface area contributed by atoms with Crippen LogP contribution in [0.2, 0.25) is 0 Å². The van der Waals surface area contributed by atoms with Crippen molar-refractivity contribution in [3.05, 3.63) is 0 Å². The van der Waals surface area contributed by atoms with Crippen molar-refractivity contribution in [2.45, 2.75) is 6.18 Å². The summed E-state index contributed by atoms with van der Waals surface area (Å²) in [6.07, 6.45) is -4.37. The van der Waals surface area contributed by atoms with E-state index in [0.717, 1.165) is 0 Å². The minimum atomic E-state index is -4.61. The second-order valence-corrected chi connectivity index (χ2v) is 1.14. The highest BCUT2D eigenvalue weighted by Crippen LogP contribution is 2.13. The molecule has 0 aliphatic carbocycles. The Balaban J connectivity index is 4.19. The minimum Gasteiger partial charge on any atom is -0.380 e. The fraction of sp³-hybridized carbons (Fsp3) is 0.333. The smallest absolute Gasteiger partial charge is 0.380 e. The molecule has 0 saturated heterocycles. The summed E-state index contributed by atoms with van der Waals surface area (Å²) in [5, 5.41) is 6.12. The van der Waals surface area contributed by atoms with Crippen LogP contribution in [0.4, 0.5) is 13.2 Å². The Labute approximate surface area is 48.9 Å². The normalized spacial score (nSPS) is 13.4. The number of aliphatic imine (C=N–C) groups is 1. The third-order valence-electron chi connectivity index (χ3n) is 0.494. The molecule has 3 nitrogen and oxygen atoms in total. The number of rotatable bonds is 1. The molecule has 52 valence electrons. The second-order valence-electron chi connectivity index (χ2n) is 1.14. The largest absolute Gasteiger partial charge is 0.449 e. The van der Waals surface area contributed by atoms with Gasteiger partial charge in [-0.2, -0.15) is 13.2 Å². The third kappa shape index (κ3) is 2.68. The van der Waals surface area contributed by atoms with Gasteiger partial charge in [0.15, 0.2) is 0 Å². The van der Waals surface area contributed by atoms with Gasteiger partial charge in [0.25, 0.3) is 0 Å². The maximum absolute atomic E-state index is 11.3. The summed E-state index contributed by atoms with van der Waals surface area (Å²) in [6.45, 7) is 0. The molecular weight excluding hydrogens is 135 g/mol. The summed E-state index contributed by atoms with van der Waals surface area (Å²) in [6, 6.07) is 0. The van der Waals surface area contributed by atoms with E-state index in [4.69, 9.17) is 5.41 Å². The first kappa shape index (κ1) is 7.93. The number of halogens is 3. The molecule has 0 amide bonds. The van der Waals surface area contributed by atoms with Crippen LogP contribution in [0, 0.1) is 5.41 Å². The van der Waals surface area contributed by atoms with Crippen LogP contribution in [0.5, 0.6) is 0 Å². The Morgan fingerprint density at radius 2 is 2.00 bits per heavy atom. The van der Waals surface area contributed by atoms with E-state index < -0.39 is 12.0 Å². The fourth-order valence-corrected chi connectivity index (χ4v) is 0.143. The van der Waals surface area contributed by atoms with Crippen LogP contribution in [0.3, 0.4) is 0 Å². The molecular formula is C3H4F3N3. The fourth-order valence-electron chi connectivity index (χ4n) is 0.143. The Hall–Kier alpha value is -1.07. The molecule has 0 bridgehead atoms. The number of nitrogens with zero attached hydrogens (tertiary/aromatic N) is 1. The van der Waals surface area contributed by atoms with Crippen LogP contribution in [0.25, 0.3) is 0 Å². The lowest BCUT2D eigenvalue weighted by molar-refractivity contribution is -0.0596. The SMILES string of the molecule is N=CN=C(N)C(F)(F)F. The first-order chi connectivity index (χ1) is 3.98. The van der Waals surface area contributed by atoms with Crippen molar-refractivity contribution < 1.29 is 13.2 Å². The van der Waals surface area contributed by atoms with Gasteiger partial charge in [-0.25, -0.2) is 4.99 Å². The lowest BCUT2D eigenvalue weighted by Gasteiger charge is -2.01. The van der Waals surface area contributed by atoms with Gasteiger partial charge in [-0.05, 0) is 0 Å². The number of amidine groups is 1. The topological polar surface area (TPSA) is 62.2 Å². The van der Waals surface area contributed by atoms with Gasteiger partial charge in [0.2, 0.25) is 5.84 Å². The van der Waals surface area contributed by atoms with Gasteiger partial charge in [-0.1, -0.05) is 0 Å². The summed E-state index contributed by atoms with van der Waals surface area (Å²) < 4.78 is 33.8. The van der Waals surface area contributed by atoms with Crippen LogP contribution < -0.4 is 5.73 Å². The monoisotopic (exact) mass is 139 g/mol. The van der Waals surface area contributed by atoms with Crippen molar-refractivity contribution in [1.82, 2.24) is 0 Å². The molecule has 0 fully saturated rings. The lowest BCUT2D eigenvalue weighted by Crippen LogP contribution is -2.31. The van der Waals surface area contributed by atoms with Crippen LogP contribution in [-0.4, -0.2) is 18.4 Å². The predicted molar refractivity (Wildman–Crippen MR) is 26.5 cm³/mol. The van der Waals surface area contributed by atoms with Crippen molar-refractivity contribution in [1.29, 1.82) is 5.41 Å². The molecule has 3 N–H and O–H groups in total. The zero-order valence-corrected chi connectivity index (χ0v) is 4.24. The summed E-state index contributed by atoms with van der Waals surface area (Å²) in [7, 11) is 0. The van der Waals surface area contributed by atoms with Crippen LogP contribution in [-0.2, 0) is 0 Å². The molecule has 0 unspecified atom stereocenters. The molecule has 0 heterocycles. The summed E-state index contributed by atoms with van der Waals surface area (Å²) >= 11 is 0. The molecule has 0 radical (unpaired) electrons. The molecule has 0 aromatic carbocycles. The van der Waals surface area contributed by atoms with E-state index in [1.165, 1.54) is 0 Å². The van der Waals surface area contributed by atoms with E-state index in [-0.39, 0.29) is 6.34 Å². The molecule has 0 rings (SSSR count). The maximum atomic E-state index is 11.3. The highest BCUT2D eigenvalue weighted by molar-refractivity contribution is 5.91. The molecule has 0 aliphatic heterocycles. The Morgan fingerprint density at radius 3 is 2.11 bits per heavy atom. The van der Waals surface area contributed by atoms with E-state index in [1.54, 1.807) is 0 Å². The van der Waals surface area contributed by atoms with E-state index in [0.29, 0.717) is 0 Å². The summed E-state index contributed by atoms with van der Waals surface area (Å²) in [5.41, 5.74) is 4.34. The van der Waals surface area contributed by atoms with Crippen molar-refractivity contribution in [3.8, 4) is 0 Å². The van der Waals surface area contributed by atoms with Crippen LogP contribution in [0.15, 0.2) is 4.99 Å². The van der Waals surface area contributed by atoms with Crippen molar-refractivity contribution in [2.75, 3.05) is 0 Å². The highest BCUT2D eigenvalue weighted by atomic mass is 19.4. The van der Waals surface area contributed by atoms with Gasteiger partial charge in [0.05, 0.1) is 0 Å². The Bertz CT molecular complexity index is 136. The van der Waals surface area contributed by atoms with Gasteiger partial charge in [-0.3, -0.25) is 5.41 Å². The van der Waals surface area contributed by atoms with Crippen molar-refractivity contribution in [3.63, 3.8) is 0 Å². The minimum absolute atomic E-state index is 0.239. The number of alkyl halides is 3. The molecule has 0 aliphatic rings. The Morgan fingerprint density at radius 1 is 1.56 bits per heavy atom. The average molecular weight is 139 g/mol.